The molecule has 0 aromatic heterocycles. The van der Waals surface area contributed by atoms with Crippen molar-refractivity contribution in [1.29, 1.82) is 5.26 Å². The Bertz CT molecular complexity index is 439. The number of nitrogens with two attached hydrogens (primary N) is 1. The van der Waals surface area contributed by atoms with Crippen molar-refractivity contribution >= 4 is 17.4 Å². The lowest BCUT2D eigenvalue weighted by atomic mass is 10.2. The molecular formula is C10H8F4N2S. The number of hydrogen-bond acceptors (Lipinski definition) is 3. The molecule has 7 heteroatoms. The first kappa shape index (κ1) is 13.6. The lowest BCUT2D eigenvalue weighted by Gasteiger charge is -2.12. The van der Waals surface area contributed by atoms with Crippen LogP contribution < -0.4 is 5.73 Å². The van der Waals surface area contributed by atoms with E-state index in [1.165, 1.54) is 18.2 Å². The molecular weight excluding hydrogens is 256 g/mol. The minimum absolute atomic E-state index is 0.0676. The molecule has 1 atom stereocenters. The van der Waals surface area contributed by atoms with E-state index in [0.717, 1.165) is 17.8 Å². The van der Waals surface area contributed by atoms with Crippen LogP contribution in [-0.4, -0.2) is 11.9 Å². The Morgan fingerprint density at radius 2 is 2.06 bits per heavy atom. The highest BCUT2D eigenvalue weighted by Crippen LogP contribution is 2.31. The van der Waals surface area contributed by atoms with Gasteiger partial charge in [-0.3, -0.25) is 0 Å². The molecule has 92 valence electrons. The van der Waals surface area contributed by atoms with Crippen molar-refractivity contribution < 1.29 is 17.6 Å². The molecule has 0 saturated carbocycles. The van der Waals surface area contributed by atoms with Gasteiger partial charge in [0.15, 0.2) is 5.92 Å². The fourth-order valence-corrected chi connectivity index (χ4v) is 1.96. The molecule has 0 aliphatic carbocycles. The first-order chi connectivity index (χ1) is 7.84. The van der Waals surface area contributed by atoms with Crippen molar-refractivity contribution in [3.63, 3.8) is 0 Å². The highest BCUT2D eigenvalue weighted by atomic mass is 32.2. The number of nitriles is 1. The van der Waals surface area contributed by atoms with E-state index in [-0.39, 0.29) is 5.69 Å². The van der Waals surface area contributed by atoms with E-state index in [9.17, 15) is 17.6 Å². The Morgan fingerprint density at radius 1 is 1.41 bits per heavy atom. The Hall–Kier alpha value is -1.42. The van der Waals surface area contributed by atoms with Crippen molar-refractivity contribution in [1.82, 2.24) is 0 Å². The molecule has 17 heavy (non-hydrogen) atoms. The van der Waals surface area contributed by atoms with Crippen LogP contribution in [0.25, 0.3) is 0 Å². The van der Waals surface area contributed by atoms with Gasteiger partial charge in [0.2, 0.25) is 0 Å². The zero-order chi connectivity index (χ0) is 13.1. The molecule has 0 fully saturated rings. The maximum atomic E-state index is 13.0. The number of hydrogen-bond donors (Lipinski definition) is 1. The van der Waals surface area contributed by atoms with Gasteiger partial charge in [0.25, 0.3) is 0 Å². The van der Waals surface area contributed by atoms with Gasteiger partial charge in [-0.2, -0.15) is 18.4 Å². The second-order valence-corrected chi connectivity index (χ2v) is 4.31. The van der Waals surface area contributed by atoms with Crippen LogP contribution in [0.4, 0.5) is 23.2 Å². The van der Waals surface area contributed by atoms with Gasteiger partial charge in [0.1, 0.15) is 5.82 Å². The number of halogens is 4. The minimum atomic E-state index is -4.56. The van der Waals surface area contributed by atoms with E-state index in [0.29, 0.717) is 4.90 Å². The molecule has 0 radical (unpaired) electrons. The van der Waals surface area contributed by atoms with Crippen LogP contribution in [0.1, 0.15) is 0 Å². The highest BCUT2D eigenvalue weighted by Gasteiger charge is 2.39. The molecule has 0 heterocycles. The Labute approximate surface area is 99.4 Å². The lowest BCUT2D eigenvalue weighted by molar-refractivity contribution is -0.152. The molecule has 0 aliphatic heterocycles. The van der Waals surface area contributed by atoms with Crippen molar-refractivity contribution in [2.45, 2.75) is 11.1 Å². The Morgan fingerprint density at radius 3 is 2.53 bits per heavy atom. The minimum Gasteiger partial charge on any atom is -0.396 e. The van der Waals surface area contributed by atoms with Gasteiger partial charge in [-0.1, -0.05) is 0 Å². The Kier molecular flexibility index (Phi) is 4.23. The molecule has 0 spiro atoms. The van der Waals surface area contributed by atoms with Crippen LogP contribution in [0.15, 0.2) is 23.1 Å². The summed E-state index contributed by atoms with van der Waals surface area (Å²) in [4.78, 5) is 0.307. The second-order valence-electron chi connectivity index (χ2n) is 3.22. The number of anilines is 1. The molecule has 0 saturated heterocycles. The van der Waals surface area contributed by atoms with Gasteiger partial charge in [0.05, 0.1) is 11.8 Å². The third kappa shape index (κ3) is 3.82. The van der Waals surface area contributed by atoms with Crippen LogP contribution in [0.3, 0.4) is 0 Å². The molecule has 0 aliphatic rings. The van der Waals surface area contributed by atoms with E-state index in [2.05, 4.69) is 0 Å². The molecule has 2 N–H and O–H groups in total. The van der Waals surface area contributed by atoms with Crippen LogP contribution in [0.2, 0.25) is 0 Å². The van der Waals surface area contributed by atoms with Crippen molar-refractivity contribution in [3.05, 3.63) is 24.0 Å². The maximum Gasteiger partial charge on any atom is 0.405 e. The zero-order valence-electron chi connectivity index (χ0n) is 8.46. The molecule has 0 amide bonds. The largest absolute Gasteiger partial charge is 0.405 e. The molecule has 1 unspecified atom stereocenters. The fourth-order valence-electron chi connectivity index (χ4n) is 0.982. The second kappa shape index (κ2) is 5.27. The summed E-state index contributed by atoms with van der Waals surface area (Å²) in [6.07, 6.45) is -4.56. The standard InChI is InChI=1S/C10H8F4N2S/c11-8-3-7(1-2-9(8)16)17-5-6(4-15)10(12,13)14/h1-3,6H,5,16H2. The predicted octanol–water partition coefficient (Wildman–Crippen LogP) is 3.20. The van der Waals surface area contributed by atoms with Crippen molar-refractivity contribution in [2.24, 2.45) is 5.92 Å². The van der Waals surface area contributed by atoms with Gasteiger partial charge >= 0.3 is 6.18 Å². The van der Waals surface area contributed by atoms with E-state index in [1.54, 1.807) is 0 Å². The third-order valence-corrected chi connectivity index (χ3v) is 3.03. The van der Waals surface area contributed by atoms with Gasteiger partial charge in [0, 0.05) is 10.6 Å². The van der Waals surface area contributed by atoms with Gasteiger partial charge < -0.3 is 5.73 Å². The smallest absolute Gasteiger partial charge is 0.396 e. The summed E-state index contributed by atoms with van der Waals surface area (Å²) < 4.78 is 49.7. The van der Waals surface area contributed by atoms with E-state index >= 15 is 0 Å². The van der Waals surface area contributed by atoms with Crippen LogP contribution in [0.5, 0.6) is 0 Å². The first-order valence-corrected chi connectivity index (χ1v) is 5.47. The van der Waals surface area contributed by atoms with Crippen molar-refractivity contribution in [3.8, 4) is 6.07 Å². The average molecular weight is 264 g/mol. The first-order valence-electron chi connectivity index (χ1n) is 4.48. The van der Waals surface area contributed by atoms with Crippen molar-refractivity contribution in [2.75, 3.05) is 11.5 Å². The monoisotopic (exact) mass is 264 g/mol. The van der Waals surface area contributed by atoms with Gasteiger partial charge in [-0.05, 0) is 18.2 Å². The normalized spacial score (nSPS) is 13.1. The fraction of sp³-hybridized carbons (Fsp3) is 0.300. The van der Waals surface area contributed by atoms with E-state index < -0.39 is 23.7 Å². The topological polar surface area (TPSA) is 49.8 Å². The predicted molar refractivity (Wildman–Crippen MR) is 56.7 cm³/mol. The molecule has 1 aromatic carbocycles. The average Bonchev–Trinajstić information content (AvgIpc) is 2.22. The molecule has 1 rings (SSSR count). The number of thioether (sulfide) groups is 1. The summed E-state index contributed by atoms with van der Waals surface area (Å²) in [5, 5.41) is 8.36. The van der Waals surface area contributed by atoms with E-state index in [4.69, 9.17) is 11.0 Å². The quantitative estimate of drug-likeness (QED) is 0.518. The van der Waals surface area contributed by atoms with Gasteiger partial charge in [-0.25, -0.2) is 4.39 Å². The summed E-state index contributed by atoms with van der Waals surface area (Å²) in [6.45, 7) is 0. The summed E-state index contributed by atoms with van der Waals surface area (Å²) in [6, 6.07) is 4.90. The van der Waals surface area contributed by atoms with Gasteiger partial charge in [-0.15, -0.1) is 11.8 Å². The SMILES string of the molecule is N#CC(CSc1ccc(N)c(F)c1)C(F)(F)F. The summed E-state index contributed by atoms with van der Waals surface area (Å²) in [5.74, 6) is -3.22. The zero-order valence-corrected chi connectivity index (χ0v) is 9.28. The molecule has 2 nitrogen and oxygen atoms in total. The third-order valence-electron chi connectivity index (χ3n) is 1.94. The molecule has 0 bridgehead atoms. The maximum absolute atomic E-state index is 13.0. The number of nitrogens with zero attached hydrogens (tertiary/aromatic N) is 1. The van der Waals surface area contributed by atoms with Crippen LogP contribution >= 0.6 is 11.8 Å². The summed E-state index contributed by atoms with van der Waals surface area (Å²) in [7, 11) is 0. The number of nitrogen functional groups attached to an aromatic ring is 1. The summed E-state index contributed by atoms with van der Waals surface area (Å²) >= 11 is 0.765. The lowest BCUT2D eigenvalue weighted by Crippen LogP contribution is -2.23. The number of rotatable bonds is 3. The Balaban J connectivity index is 2.67. The number of alkyl halides is 3. The summed E-state index contributed by atoms with van der Waals surface area (Å²) in [5.41, 5.74) is 5.16. The highest BCUT2D eigenvalue weighted by molar-refractivity contribution is 7.99. The van der Waals surface area contributed by atoms with Crippen LogP contribution in [-0.2, 0) is 0 Å². The molecule has 1 aromatic rings. The van der Waals surface area contributed by atoms with Crippen LogP contribution in [0, 0.1) is 23.1 Å². The number of benzene rings is 1. The van der Waals surface area contributed by atoms with E-state index in [1.807, 2.05) is 0 Å².